The summed E-state index contributed by atoms with van der Waals surface area (Å²) in [6, 6.07) is 0. The summed E-state index contributed by atoms with van der Waals surface area (Å²) in [7, 11) is 0. The Kier molecular flexibility index (Phi) is 1.38. The van der Waals surface area contributed by atoms with Gasteiger partial charge in [0.2, 0.25) is 0 Å². The predicted molar refractivity (Wildman–Crippen MR) is 46.7 cm³/mol. The number of fused-ring (bicyclic) bond motifs is 5. The Morgan fingerprint density at radius 1 is 1.08 bits per heavy atom. The molecule has 0 amide bonds. The van der Waals surface area contributed by atoms with Crippen LogP contribution in [-0.2, 0) is 4.79 Å². The van der Waals surface area contributed by atoms with Gasteiger partial charge in [0.25, 0.3) is 0 Å². The topological polar surface area (TPSA) is 17.1 Å². The maximum absolute atomic E-state index is 11.6. The number of carbonyl (C=O) groups is 1. The first kappa shape index (κ1) is 7.11. The second-order valence-electron chi connectivity index (χ2n) is 4.87. The lowest BCUT2D eigenvalue weighted by molar-refractivity contribution is -0.125. The van der Waals surface area contributed by atoms with Crippen molar-refractivity contribution in [3.8, 4) is 0 Å². The van der Waals surface area contributed by atoms with Crippen molar-refractivity contribution in [2.75, 3.05) is 0 Å². The minimum atomic E-state index is 0.510. The van der Waals surface area contributed by atoms with Gasteiger partial charge in [-0.05, 0) is 43.4 Å². The number of rotatable bonds is 0. The fraction of sp³-hybridized carbons (Fsp3) is 0.909. The first-order valence-electron chi connectivity index (χ1n) is 5.39. The summed E-state index contributed by atoms with van der Waals surface area (Å²) in [5.41, 5.74) is 0. The van der Waals surface area contributed by atoms with E-state index in [1.54, 1.807) is 0 Å². The van der Waals surface area contributed by atoms with Crippen LogP contribution in [-0.4, -0.2) is 5.78 Å². The number of ketones is 1. The van der Waals surface area contributed by atoms with Crippen molar-refractivity contribution < 1.29 is 4.79 Å². The van der Waals surface area contributed by atoms with Crippen LogP contribution >= 0.6 is 0 Å². The molecule has 0 aromatic rings. The van der Waals surface area contributed by atoms with Gasteiger partial charge >= 0.3 is 0 Å². The molecule has 3 saturated carbocycles. The molecule has 1 nitrogen and oxygen atoms in total. The fourth-order valence-corrected chi connectivity index (χ4v) is 3.99. The van der Waals surface area contributed by atoms with E-state index in [0.29, 0.717) is 11.7 Å². The Labute approximate surface area is 73.5 Å². The van der Waals surface area contributed by atoms with Crippen LogP contribution in [0.25, 0.3) is 0 Å². The van der Waals surface area contributed by atoms with Crippen LogP contribution in [0.5, 0.6) is 0 Å². The standard InChI is InChI=1S/C11H16O/c12-11-5-4-7-6-10(11)9-3-1-2-8(7)9/h7-10H,1-6H2/t7-,8+,9+,10+/m0/s1. The van der Waals surface area contributed by atoms with Crippen LogP contribution in [0.2, 0.25) is 0 Å². The van der Waals surface area contributed by atoms with Crippen molar-refractivity contribution in [3.63, 3.8) is 0 Å². The highest BCUT2D eigenvalue weighted by Gasteiger charge is 2.50. The second-order valence-corrected chi connectivity index (χ2v) is 4.87. The third-order valence-electron chi connectivity index (χ3n) is 4.48. The summed E-state index contributed by atoms with van der Waals surface area (Å²) in [6.07, 6.45) is 7.57. The molecule has 0 spiro atoms. The van der Waals surface area contributed by atoms with Gasteiger partial charge in [0.15, 0.2) is 0 Å². The normalized spacial score (nSPS) is 51.2. The smallest absolute Gasteiger partial charge is 0.136 e. The minimum Gasteiger partial charge on any atom is -0.299 e. The molecule has 2 bridgehead atoms. The summed E-state index contributed by atoms with van der Waals surface area (Å²) in [5, 5.41) is 0. The number of carbonyl (C=O) groups excluding carboxylic acids is 1. The number of hydrogen-bond acceptors (Lipinski definition) is 1. The number of hydrogen-bond donors (Lipinski definition) is 0. The molecule has 12 heavy (non-hydrogen) atoms. The molecule has 66 valence electrons. The van der Waals surface area contributed by atoms with Gasteiger partial charge in [-0.3, -0.25) is 4.79 Å². The van der Waals surface area contributed by atoms with Gasteiger partial charge in [-0.1, -0.05) is 6.42 Å². The summed E-state index contributed by atoms with van der Waals surface area (Å²) >= 11 is 0. The van der Waals surface area contributed by atoms with E-state index in [4.69, 9.17) is 0 Å². The molecule has 0 aromatic carbocycles. The lowest BCUT2D eigenvalue weighted by Gasteiger charge is -2.19. The molecule has 0 saturated heterocycles. The largest absolute Gasteiger partial charge is 0.299 e. The summed E-state index contributed by atoms with van der Waals surface area (Å²) < 4.78 is 0. The van der Waals surface area contributed by atoms with Gasteiger partial charge in [0, 0.05) is 12.3 Å². The second kappa shape index (κ2) is 2.34. The molecule has 0 aliphatic heterocycles. The van der Waals surface area contributed by atoms with Crippen LogP contribution in [0.4, 0.5) is 0 Å². The van der Waals surface area contributed by atoms with E-state index in [-0.39, 0.29) is 0 Å². The van der Waals surface area contributed by atoms with Crippen LogP contribution < -0.4 is 0 Å². The minimum absolute atomic E-state index is 0.510. The van der Waals surface area contributed by atoms with Gasteiger partial charge in [0.1, 0.15) is 5.78 Å². The van der Waals surface area contributed by atoms with E-state index in [1.807, 2.05) is 0 Å². The van der Waals surface area contributed by atoms with Crippen LogP contribution in [0.15, 0.2) is 0 Å². The third-order valence-corrected chi connectivity index (χ3v) is 4.48. The molecule has 0 heterocycles. The Morgan fingerprint density at radius 2 is 1.92 bits per heavy atom. The first-order chi connectivity index (χ1) is 5.86. The lowest BCUT2D eigenvalue weighted by Crippen LogP contribution is -2.20. The SMILES string of the molecule is O=C1CC[C@H]2C[C@@H]1[C@@H]1CCC[C@H]21. The summed E-state index contributed by atoms with van der Waals surface area (Å²) in [4.78, 5) is 11.6. The quantitative estimate of drug-likeness (QED) is 0.537. The summed E-state index contributed by atoms with van der Waals surface area (Å²) in [6.45, 7) is 0. The highest BCUT2D eigenvalue weighted by molar-refractivity contribution is 5.82. The van der Waals surface area contributed by atoms with Gasteiger partial charge in [-0.15, -0.1) is 0 Å². The molecule has 4 atom stereocenters. The Hall–Kier alpha value is -0.330. The molecule has 1 heteroatoms. The summed E-state index contributed by atoms with van der Waals surface area (Å²) in [5.74, 6) is 3.84. The molecule has 3 aliphatic rings. The zero-order valence-corrected chi connectivity index (χ0v) is 7.46. The monoisotopic (exact) mass is 164 g/mol. The van der Waals surface area contributed by atoms with Crippen molar-refractivity contribution in [1.82, 2.24) is 0 Å². The van der Waals surface area contributed by atoms with Crippen molar-refractivity contribution in [3.05, 3.63) is 0 Å². The van der Waals surface area contributed by atoms with E-state index < -0.39 is 0 Å². The molecule has 0 radical (unpaired) electrons. The zero-order chi connectivity index (χ0) is 8.13. The molecular formula is C11H16O. The first-order valence-corrected chi connectivity index (χ1v) is 5.39. The fourth-order valence-electron chi connectivity index (χ4n) is 3.99. The molecule has 3 rings (SSSR count). The van der Waals surface area contributed by atoms with Crippen LogP contribution in [0.3, 0.4) is 0 Å². The lowest BCUT2D eigenvalue weighted by atomic mass is 9.84. The van der Waals surface area contributed by atoms with Crippen molar-refractivity contribution in [2.45, 2.75) is 38.5 Å². The third kappa shape index (κ3) is 0.773. The molecule has 0 N–H and O–H groups in total. The Morgan fingerprint density at radius 3 is 2.83 bits per heavy atom. The van der Waals surface area contributed by atoms with E-state index in [1.165, 1.54) is 32.1 Å². The van der Waals surface area contributed by atoms with Crippen LogP contribution in [0, 0.1) is 23.7 Å². The van der Waals surface area contributed by atoms with Gasteiger partial charge in [-0.25, -0.2) is 0 Å². The maximum Gasteiger partial charge on any atom is 0.136 e. The van der Waals surface area contributed by atoms with Crippen LogP contribution in [0.1, 0.15) is 38.5 Å². The molecule has 0 aromatic heterocycles. The highest BCUT2D eigenvalue weighted by atomic mass is 16.1. The van der Waals surface area contributed by atoms with Gasteiger partial charge in [-0.2, -0.15) is 0 Å². The molecular weight excluding hydrogens is 148 g/mol. The van der Waals surface area contributed by atoms with E-state index >= 15 is 0 Å². The molecule has 3 aliphatic carbocycles. The van der Waals surface area contributed by atoms with E-state index in [0.717, 1.165) is 24.2 Å². The molecule has 3 fully saturated rings. The van der Waals surface area contributed by atoms with E-state index in [2.05, 4.69) is 0 Å². The molecule has 0 unspecified atom stereocenters. The Bertz CT molecular complexity index is 221. The predicted octanol–water partition coefficient (Wildman–Crippen LogP) is 2.40. The highest BCUT2D eigenvalue weighted by Crippen LogP contribution is 2.55. The van der Waals surface area contributed by atoms with Crippen molar-refractivity contribution >= 4 is 5.78 Å². The van der Waals surface area contributed by atoms with Crippen molar-refractivity contribution in [2.24, 2.45) is 23.7 Å². The average Bonchev–Trinajstić information content (AvgIpc) is 2.59. The maximum atomic E-state index is 11.6. The number of Topliss-reactive ketones (excluding diaryl/α,β-unsaturated/α-hetero) is 1. The van der Waals surface area contributed by atoms with Gasteiger partial charge in [0.05, 0.1) is 0 Å². The average molecular weight is 164 g/mol. The van der Waals surface area contributed by atoms with E-state index in [9.17, 15) is 4.79 Å². The van der Waals surface area contributed by atoms with Crippen molar-refractivity contribution in [1.29, 1.82) is 0 Å². The zero-order valence-electron chi connectivity index (χ0n) is 7.46. The van der Waals surface area contributed by atoms with Gasteiger partial charge < -0.3 is 0 Å². The Balaban J connectivity index is 1.93.